The van der Waals surface area contributed by atoms with Crippen molar-refractivity contribution >= 4 is 0 Å². The Labute approximate surface area is 58.2 Å². The largest absolute Gasteiger partial charge is 0.316 e. The van der Waals surface area contributed by atoms with Gasteiger partial charge in [-0.2, -0.15) is 0 Å². The van der Waals surface area contributed by atoms with Crippen LogP contribution >= 0.6 is 0 Å². The Morgan fingerprint density at radius 1 is 1.33 bits per heavy atom. The summed E-state index contributed by atoms with van der Waals surface area (Å²) in [5, 5.41) is 3.32. The Morgan fingerprint density at radius 2 is 2.11 bits per heavy atom. The standard InChI is InChI=1S/C8H17N/c1-3-5-6-8-9-7-4-2/h3,5,9H,4,6-8H2,1-2H3. The molecule has 0 radical (unpaired) electrons. The van der Waals surface area contributed by atoms with E-state index >= 15 is 0 Å². The van der Waals surface area contributed by atoms with Crippen LogP contribution in [0.4, 0.5) is 0 Å². The van der Waals surface area contributed by atoms with Gasteiger partial charge in [-0.25, -0.2) is 0 Å². The molecule has 0 fully saturated rings. The van der Waals surface area contributed by atoms with E-state index in [4.69, 9.17) is 0 Å². The maximum Gasteiger partial charge on any atom is -0.00143 e. The van der Waals surface area contributed by atoms with Crippen LogP contribution in [0.25, 0.3) is 0 Å². The lowest BCUT2D eigenvalue weighted by molar-refractivity contribution is 0.678. The van der Waals surface area contributed by atoms with Crippen LogP contribution in [-0.2, 0) is 0 Å². The molecule has 0 amide bonds. The molecule has 0 atom stereocenters. The van der Waals surface area contributed by atoms with Gasteiger partial charge >= 0.3 is 0 Å². The highest BCUT2D eigenvalue weighted by Crippen LogP contribution is 1.79. The quantitative estimate of drug-likeness (QED) is 0.439. The molecule has 1 N–H and O–H groups in total. The fourth-order valence-corrected chi connectivity index (χ4v) is 0.654. The van der Waals surface area contributed by atoms with E-state index in [-0.39, 0.29) is 0 Å². The fraction of sp³-hybridized carbons (Fsp3) is 0.750. The molecule has 0 aromatic heterocycles. The van der Waals surface area contributed by atoms with E-state index in [9.17, 15) is 0 Å². The molecule has 0 bridgehead atoms. The Hall–Kier alpha value is -0.300. The van der Waals surface area contributed by atoms with Crippen LogP contribution in [0, 0.1) is 0 Å². The van der Waals surface area contributed by atoms with Crippen molar-refractivity contribution in [3.05, 3.63) is 12.2 Å². The molecular formula is C8H17N. The van der Waals surface area contributed by atoms with Gasteiger partial charge in [-0.1, -0.05) is 19.1 Å². The molecule has 1 nitrogen and oxygen atoms in total. The minimum Gasteiger partial charge on any atom is -0.316 e. The second-order valence-corrected chi connectivity index (χ2v) is 2.11. The van der Waals surface area contributed by atoms with Crippen LogP contribution in [0.1, 0.15) is 26.7 Å². The van der Waals surface area contributed by atoms with Gasteiger partial charge in [0.2, 0.25) is 0 Å². The average Bonchev–Trinajstić information content (AvgIpc) is 1.89. The highest BCUT2D eigenvalue weighted by atomic mass is 14.8. The number of hydrogen-bond acceptors (Lipinski definition) is 1. The summed E-state index contributed by atoms with van der Waals surface area (Å²) in [6, 6.07) is 0. The van der Waals surface area contributed by atoms with Crippen molar-refractivity contribution in [2.24, 2.45) is 0 Å². The lowest BCUT2D eigenvalue weighted by Gasteiger charge is -1.96. The van der Waals surface area contributed by atoms with Gasteiger partial charge in [0.1, 0.15) is 0 Å². The van der Waals surface area contributed by atoms with E-state index in [0.717, 1.165) is 19.5 Å². The predicted octanol–water partition coefficient (Wildman–Crippen LogP) is 1.95. The average molecular weight is 127 g/mol. The lowest BCUT2D eigenvalue weighted by atomic mass is 10.4. The van der Waals surface area contributed by atoms with E-state index in [1.807, 2.05) is 0 Å². The van der Waals surface area contributed by atoms with Gasteiger partial charge in [0, 0.05) is 0 Å². The maximum absolute atomic E-state index is 3.32. The summed E-state index contributed by atoms with van der Waals surface area (Å²) >= 11 is 0. The summed E-state index contributed by atoms with van der Waals surface area (Å²) in [7, 11) is 0. The number of rotatable bonds is 5. The molecule has 0 aromatic rings. The maximum atomic E-state index is 3.32. The summed E-state index contributed by atoms with van der Waals surface area (Å²) in [5.74, 6) is 0. The van der Waals surface area contributed by atoms with Crippen LogP contribution in [0.15, 0.2) is 12.2 Å². The number of nitrogens with one attached hydrogen (secondary N) is 1. The first-order valence-corrected chi connectivity index (χ1v) is 3.73. The first-order valence-electron chi connectivity index (χ1n) is 3.73. The molecule has 0 heterocycles. The lowest BCUT2D eigenvalue weighted by Crippen LogP contribution is -2.14. The first-order chi connectivity index (χ1) is 4.41. The van der Waals surface area contributed by atoms with E-state index in [0.29, 0.717) is 0 Å². The van der Waals surface area contributed by atoms with Gasteiger partial charge in [-0.3, -0.25) is 0 Å². The summed E-state index contributed by atoms with van der Waals surface area (Å²) in [4.78, 5) is 0. The predicted molar refractivity (Wildman–Crippen MR) is 42.6 cm³/mol. The SMILES string of the molecule is CC=CCCNCCC. The molecule has 9 heavy (non-hydrogen) atoms. The van der Waals surface area contributed by atoms with E-state index in [2.05, 4.69) is 31.3 Å². The van der Waals surface area contributed by atoms with Crippen LogP contribution in [0.5, 0.6) is 0 Å². The van der Waals surface area contributed by atoms with Gasteiger partial charge in [-0.15, -0.1) is 0 Å². The third-order valence-electron chi connectivity index (χ3n) is 1.15. The zero-order valence-corrected chi connectivity index (χ0v) is 6.48. The molecule has 0 aliphatic rings. The molecule has 0 saturated heterocycles. The molecule has 0 unspecified atom stereocenters. The smallest absolute Gasteiger partial charge is 0.00143 e. The second-order valence-electron chi connectivity index (χ2n) is 2.11. The molecule has 0 aromatic carbocycles. The van der Waals surface area contributed by atoms with Gasteiger partial charge in [0.25, 0.3) is 0 Å². The van der Waals surface area contributed by atoms with Crippen LogP contribution in [-0.4, -0.2) is 13.1 Å². The Kier molecular flexibility index (Phi) is 7.44. The number of allylic oxidation sites excluding steroid dienone is 1. The van der Waals surface area contributed by atoms with Crippen molar-refractivity contribution in [1.29, 1.82) is 0 Å². The third-order valence-corrected chi connectivity index (χ3v) is 1.15. The molecule has 0 aliphatic carbocycles. The van der Waals surface area contributed by atoms with Gasteiger partial charge in [0.05, 0.1) is 0 Å². The van der Waals surface area contributed by atoms with Crippen molar-refractivity contribution in [3.63, 3.8) is 0 Å². The fourth-order valence-electron chi connectivity index (χ4n) is 0.654. The van der Waals surface area contributed by atoms with E-state index < -0.39 is 0 Å². The second kappa shape index (κ2) is 7.70. The minimum absolute atomic E-state index is 1.12. The summed E-state index contributed by atoms with van der Waals surface area (Å²) in [6.07, 6.45) is 6.67. The summed E-state index contributed by atoms with van der Waals surface area (Å²) in [6.45, 7) is 6.51. The van der Waals surface area contributed by atoms with Crippen molar-refractivity contribution in [2.75, 3.05) is 13.1 Å². The number of hydrogen-bond donors (Lipinski definition) is 1. The van der Waals surface area contributed by atoms with Crippen LogP contribution in [0.2, 0.25) is 0 Å². The van der Waals surface area contributed by atoms with Crippen molar-refractivity contribution in [1.82, 2.24) is 5.32 Å². The molecule has 0 aliphatic heterocycles. The van der Waals surface area contributed by atoms with Gasteiger partial charge in [0.15, 0.2) is 0 Å². The van der Waals surface area contributed by atoms with E-state index in [1.165, 1.54) is 6.42 Å². The topological polar surface area (TPSA) is 12.0 Å². The molecule has 0 rings (SSSR count). The molecule has 0 saturated carbocycles. The Balaban J connectivity index is 2.75. The van der Waals surface area contributed by atoms with Crippen molar-refractivity contribution in [2.45, 2.75) is 26.7 Å². The molecule has 54 valence electrons. The third kappa shape index (κ3) is 7.70. The summed E-state index contributed by atoms with van der Waals surface area (Å²) < 4.78 is 0. The van der Waals surface area contributed by atoms with Gasteiger partial charge < -0.3 is 5.32 Å². The Bertz CT molecular complexity index is 67.0. The normalized spacial score (nSPS) is 10.9. The molecular weight excluding hydrogens is 110 g/mol. The van der Waals surface area contributed by atoms with Gasteiger partial charge in [-0.05, 0) is 32.9 Å². The zero-order valence-electron chi connectivity index (χ0n) is 6.48. The minimum atomic E-state index is 1.12. The monoisotopic (exact) mass is 127 g/mol. The summed E-state index contributed by atoms with van der Waals surface area (Å²) in [5.41, 5.74) is 0. The molecule has 0 spiro atoms. The van der Waals surface area contributed by atoms with Crippen LogP contribution < -0.4 is 5.32 Å². The van der Waals surface area contributed by atoms with Crippen molar-refractivity contribution in [3.8, 4) is 0 Å². The molecule has 1 heteroatoms. The van der Waals surface area contributed by atoms with Crippen molar-refractivity contribution < 1.29 is 0 Å². The first kappa shape index (κ1) is 8.70. The highest BCUT2D eigenvalue weighted by Gasteiger charge is 1.79. The highest BCUT2D eigenvalue weighted by molar-refractivity contribution is 4.77. The zero-order chi connectivity index (χ0) is 6.95. The van der Waals surface area contributed by atoms with E-state index in [1.54, 1.807) is 0 Å². The van der Waals surface area contributed by atoms with Crippen LogP contribution in [0.3, 0.4) is 0 Å². The Morgan fingerprint density at radius 3 is 2.67 bits per heavy atom.